The van der Waals surface area contributed by atoms with Crippen molar-refractivity contribution in [2.75, 3.05) is 40.3 Å². The first kappa shape index (κ1) is 20.6. The highest BCUT2D eigenvalue weighted by atomic mass is 127. The monoisotopic (exact) mass is 451 g/mol. The van der Waals surface area contributed by atoms with Crippen molar-refractivity contribution < 1.29 is 0 Å². The number of aryl methyl sites for hydroxylation is 2. The molecule has 2 rings (SSSR count). The Morgan fingerprint density at radius 3 is 2.78 bits per heavy atom. The lowest BCUT2D eigenvalue weighted by atomic mass is 9.99. The maximum atomic E-state index is 4.57. The average Bonchev–Trinajstić information content (AvgIpc) is 2.81. The van der Waals surface area contributed by atoms with E-state index in [9.17, 15) is 0 Å². The molecule has 132 valence electrons. The summed E-state index contributed by atoms with van der Waals surface area (Å²) in [5, 5.41) is 8.05. The minimum atomic E-state index is 0. The van der Waals surface area contributed by atoms with Gasteiger partial charge in [-0.3, -0.25) is 4.99 Å². The lowest BCUT2D eigenvalue weighted by Gasteiger charge is -2.30. The number of likely N-dealkylation sites (tertiary alicyclic amines) is 1. The molecule has 0 saturated carbocycles. The predicted molar refractivity (Wildman–Crippen MR) is 110 cm³/mol. The lowest BCUT2D eigenvalue weighted by molar-refractivity contribution is 0.210. The second kappa shape index (κ2) is 10.5. The van der Waals surface area contributed by atoms with E-state index < -0.39 is 0 Å². The molecular weight excluding hydrogens is 421 g/mol. The SMILES string of the molecule is CN=C(NCCc1nc(C)c(C)s1)NCC1CCCN(C)C1.I. The van der Waals surface area contributed by atoms with E-state index >= 15 is 0 Å². The lowest BCUT2D eigenvalue weighted by Crippen LogP contribution is -2.44. The summed E-state index contributed by atoms with van der Waals surface area (Å²) in [5.41, 5.74) is 1.16. The minimum Gasteiger partial charge on any atom is -0.356 e. The summed E-state index contributed by atoms with van der Waals surface area (Å²) in [4.78, 5) is 12.6. The van der Waals surface area contributed by atoms with E-state index in [1.54, 1.807) is 11.3 Å². The fourth-order valence-corrected chi connectivity index (χ4v) is 3.77. The Morgan fingerprint density at radius 1 is 1.39 bits per heavy atom. The molecule has 2 heterocycles. The van der Waals surface area contributed by atoms with Gasteiger partial charge in [0.15, 0.2) is 5.96 Å². The van der Waals surface area contributed by atoms with Gasteiger partial charge < -0.3 is 15.5 Å². The number of piperidine rings is 1. The summed E-state index contributed by atoms with van der Waals surface area (Å²) in [5.74, 6) is 1.62. The van der Waals surface area contributed by atoms with Gasteiger partial charge in [-0.15, -0.1) is 35.3 Å². The molecule has 1 aliphatic heterocycles. The third-order valence-electron chi connectivity index (χ3n) is 4.21. The van der Waals surface area contributed by atoms with Crippen LogP contribution < -0.4 is 10.6 Å². The Morgan fingerprint density at radius 2 is 2.17 bits per heavy atom. The maximum Gasteiger partial charge on any atom is 0.191 e. The molecule has 1 unspecified atom stereocenters. The first-order valence-corrected chi connectivity index (χ1v) is 8.96. The van der Waals surface area contributed by atoms with Crippen LogP contribution in [0.5, 0.6) is 0 Å². The van der Waals surface area contributed by atoms with E-state index in [-0.39, 0.29) is 24.0 Å². The second-order valence-electron chi connectivity index (χ2n) is 6.15. The zero-order valence-electron chi connectivity index (χ0n) is 14.7. The van der Waals surface area contributed by atoms with Crippen molar-refractivity contribution in [3.8, 4) is 0 Å². The van der Waals surface area contributed by atoms with Crippen molar-refractivity contribution in [3.05, 3.63) is 15.6 Å². The van der Waals surface area contributed by atoms with Crippen LogP contribution >= 0.6 is 35.3 Å². The molecule has 0 radical (unpaired) electrons. The number of halogens is 1. The molecule has 0 bridgehead atoms. The van der Waals surface area contributed by atoms with Gasteiger partial charge in [-0.1, -0.05) is 0 Å². The van der Waals surface area contributed by atoms with E-state index in [2.05, 4.69) is 46.4 Å². The maximum absolute atomic E-state index is 4.57. The molecule has 0 amide bonds. The van der Waals surface area contributed by atoms with Crippen molar-refractivity contribution in [1.29, 1.82) is 0 Å². The summed E-state index contributed by atoms with van der Waals surface area (Å²) in [6.07, 6.45) is 3.57. The number of aliphatic imine (C=N–C) groups is 1. The topological polar surface area (TPSA) is 52.6 Å². The number of aromatic nitrogens is 1. The molecule has 1 aliphatic rings. The fourth-order valence-electron chi connectivity index (χ4n) is 2.84. The molecule has 2 N–H and O–H groups in total. The predicted octanol–water partition coefficient (Wildman–Crippen LogP) is 2.43. The Kier molecular flexibility index (Phi) is 9.38. The molecule has 0 aliphatic carbocycles. The second-order valence-corrected chi connectivity index (χ2v) is 7.44. The number of hydrogen-bond acceptors (Lipinski definition) is 4. The number of nitrogens with zero attached hydrogens (tertiary/aromatic N) is 3. The van der Waals surface area contributed by atoms with Crippen LogP contribution in [-0.2, 0) is 6.42 Å². The third-order valence-corrected chi connectivity index (χ3v) is 5.34. The van der Waals surface area contributed by atoms with Crippen LogP contribution in [0.4, 0.5) is 0 Å². The molecular formula is C16H30IN5S. The highest BCUT2D eigenvalue weighted by molar-refractivity contribution is 14.0. The van der Waals surface area contributed by atoms with Crippen LogP contribution in [0.3, 0.4) is 0 Å². The van der Waals surface area contributed by atoms with Crippen molar-refractivity contribution in [1.82, 2.24) is 20.5 Å². The number of thiazole rings is 1. The fraction of sp³-hybridized carbons (Fsp3) is 0.750. The van der Waals surface area contributed by atoms with Gasteiger partial charge in [-0.25, -0.2) is 4.98 Å². The Labute approximate surface area is 161 Å². The Balaban J connectivity index is 0.00000264. The zero-order valence-corrected chi connectivity index (χ0v) is 17.8. The van der Waals surface area contributed by atoms with Gasteiger partial charge in [0.25, 0.3) is 0 Å². The molecule has 0 spiro atoms. The van der Waals surface area contributed by atoms with E-state index in [0.29, 0.717) is 0 Å². The van der Waals surface area contributed by atoms with Crippen LogP contribution in [0.1, 0.15) is 28.4 Å². The van der Waals surface area contributed by atoms with Crippen LogP contribution in [0.15, 0.2) is 4.99 Å². The highest BCUT2D eigenvalue weighted by Crippen LogP contribution is 2.16. The van der Waals surface area contributed by atoms with Gasteiger partial charge >= 0.3 is 0 Å². The van der Waals surface area contributed by atoms with Gasteiger partial charge in [0.2, 0.25) is 0 Å². The van der Waals surface area contributed by atoms with E-state index in [4.69, 9.17) is 0 Å². The summed E-state index contributed by atoms with van der Waals surface area (Å²) in [6, 6.07) is 0. The standard InChI is InChI=1S/C16H29N5S.HI/c1-12-13(2)22-15(20-12)7-8-18-16(17-3)19-10-14-6-5-9-21(4)11-14;/h14H,5-11H2,1-4H3,(H2,17,18,19);1H. The van der Waals surface area contributed by atoms with Crippen molar-refractivity contribution in [2.45, 2.75) is 33.1 Å². The van der Waals surface area contributed by atoms with Crippen LogP contribution in [-0.4, -0.2) is 56.1 Å². The molecule has 5 nitrogen and oxygen atoms in total. The largest absolute Gasteiger partial charge is 0.356 e. The first-order chi connectivity index (χ1) is 10.6. The smallest absolute Gasteiger partial charge is 0.191 e. The molecule has 1 fully saturated rings. The van der Waals surface area contributed by atoms with E-state index in [1.165, 1.54) is 35.8 Å². The van der Waals surface area contributed by atoms with E-state index in [0.717, 1.165) is 37.1 Å². The first-order valence-electron chi connectivity index (χ1n) is 8.14. The highest BCUT2D eigenvalue weighted by Gasteiger charge is 2.17. The summed E-state index contributed by atoms with van der Waals surface area (Å²) in [7, 11) is 4.04. The van der Waals surface area contributed by atoms with Gasteiger partial charge in [0, 0.05) is 38.0 Å². The van der Waals surface area contributed by atoms with Gasteiger partial charge in [-0.2, -0.15) is 0 Å². The Hall–Kier alpha value is -0.410. The van der Waals surface area contributed by atoms with Crippen molar-refractivity contribution in [3.63, 3.8) is 0 Å². The molecule has 23 heavy (non-hydrogen) atoms. The summed E-state index contributed by atoms with van der Waals surface area (Å²) >= 11 is 1.79. The molecule has 7 heteroatoms. The number of hydrogen-bond donors (Lipinski definition) is 2. The molecule has 1 saturated heterocycles. The Bertz CT molecular complexity index is 483. The zero-order chi connectivity index (χ0) is 15.9. The summed E-state index contributed by atoms with van der Waals surface area (Å²) in [6.45, 7) is 8.49. The number of nitrogens with one attached hydrogen (secondary N) is 2. The van der Waals surface area contributed by atoms with Gasteiger partial charge in [-0.05, 0) is 46.2 Å². The molecule has 0 aromatic carbocycles. The molecule has 1 aromatic heterocycles. The van der Waals surface area contributed by atoms with Crippen molar-refractivity contribution >= 4 is 41.3 Å². The van der Waals surface area contributed by atoms with Crippen molar-refractivity contribution in [2.24, 2.45) is 10.9 Å². The average molecular weight is 451 g/mol. The van der Waals surface area contributed by atoms with E-state index in [1.807, 2.05) is 7.05 Å². The quantitative estimate of drug-likeness (QED) is 0.410. The molecule has 1 atom stereocenters. The third kappa shape index (κ3) is 6.93. The molecule has 1 aromatic rings. The minimum absolute atomic E-state index is 0. The van der Waals surface area contributed by atoms with Crippen LogP contribution in [0.25, 0.3) is 0 Å². The van der Waals surface area contributed by atoms with Crippen LogP contribution in [0.2, 0.25) is 0 Å². The summed E-state index contributed by atoms with van der Waals surface area (Å²) < 4.78 is 0. The normalized spacial score (nSPS) is 19.3. The van der Waals surface area contributed by atoms with Gasteiger partial charge in [0.1, 0.15) is 0 Å². The van der Waals surface area contributed by atoms with Crippen LogP contribution in [0, 0.1) is 19.8 Å². The number of rotatable bonds is 5. The number of guanidine groups is 1. The van der Waals surface area contributed by atoms with Gasteiger partial charge in [0.05, 0.1) is 10.7 Å².